The van der Waals surface area contributed by atoms with Crippen LogP contribution in [0.3, 0.4) is 0 Å². The highest BCUT2D eigenvalue weighted by Crippen LogP contribution is 2.28. The SMILES string of the molecule is Cn1ccnc1[C@H]1CCCN(C(=O)c2occc2Br)C1. The zero-order chi connectivity index (χ0) is 14.1. The lowest BCUT2D eigenvalue weighted by Crippen LogP contribution is -2.39. The van der Waals surface area contributed by atoms with E-state index in [4.69, 9.17) is 4.42 Å². The largest absolute Gasteiger partial charge is 0.458 e. The second-order valence-corrected chi connectivity index (χ2v) is 5.94. The van der Waals surface area contributed by atoms with Crippen LogP contribution < -0.4 is 0 Å². The number of amides is 1. The first-order valence-electron chi connectivity index (χ1n) is 6.66. The number of aromatic nitrogens is 2. The van der Waals surface area contributed by atoms with Crippen molar-refractivity contribution in [1.82, 2.24) is 14.5 Å². The number of carbonyl (C=O) groups excluding carboxylic acids is 1. The molecule has 106 valence electrons. The van der Waals surface area contributed by atoms with E-state index < -0.39 is 0 Å². The molecule has 2 aromatic heterocycles. The van der Waals surface area contributed by atoms with Gasteiger partial charge in [-0.2, -0.15) is 0 Å². The highest BCUT2D eigenvalue weighted by atomic mass is 79.9. The molecule has 3 rings (SSSR count). The summed E-state index contributed by atoms with van der Waals surface area (Å²) in [5.74, 6) is 1.66. The summed E-state index contributed by atoms with van der Waals surface area (Å²) in [7, 11) is 1.99. The second kappa shape index (κ2) is 5.44. The van der Waals surface area contributed by atoms with Crippen LogP contribution in [0.1, 0.15) is 35.1 Å². The maximum atomic E-state index is 12.5. The van der Waals surface area contributed by atoms with Gasteiger partial charge in [0.05, 0.1) is 10.7 Å². The lowest BCUT2D eigenvalue weighted by Gasteiger charge is -2.32. The normalized spacial score (nSPS) is 19.3. The molecule has 1 saturated heterocycles. The summed E-state index contributed by atoms with van der Waals surface area (Å²) in [6.07, 6.45) is 7.32. The number of likely N-dealkylation sites (tertiary alicyclic amines) is 1. The molecule has 1 aliphatic heterocycles. The van der Waals surface area contributed by atoms with Crippen molar-refractivity contribution in [3.8, 4) is 0 Å². The highest BCUT2D eigenvalue weighted by molar-refractivity contribution is 9.10. The Morgan fingerprint density at radius 3 is 3.05 bits per heavy atom. The van der Waals surface area contributed by atoms with Gasteiger partial charge in [0.15, 0.2) is 0 Å². The molecule has 0 unspecified atom stereocenters. The van der Waals surface area contributed by atoms with Crippen LogP contribution in [0.4, 0.5) is 0 Å². The Morgan fingerprint density at radius 1 is 1.55 bits per heavy atom. The lowest BCUT2D eigenvalue weighted by atomic mass is 9.97. The van der Waals surface area contributed by atoms with E-state index in [9.17, 15) is 4.79 Å². The predicted octanol–water partition coefficient (Wildman–Crippen LogP) is 2.80. The molecule has 5 nitrogen and oxygen atoms in total. The van der Waals surface area contributed by atoms with Crippen molar-refractivity contribution in [2.75, 3.05) is 13.1 Å². The number of nitrogens with zero attached hydrogens (tertiary/aromatic N) is 3. The maximum Gasteiger partial charge on any atom is 0.290 e. The van der Waals surface area contributed by atoms with Gasteiger partial charge in [0.1, 0.15) is 5.82 Å². The molecule has 1 atom stereocenters. The number of imidazole rings is 1. The fraction of sp³-hybridized carbons (Fsp3) is 0.429. The lowest BCUT2D eigenvalue weighted by molar-refractivity contribution is 0.0670. The molecular weight excluding hydrogens is 322 g/mol. The van der Waals surface area contributed by atoms with E-state index in [0.717, 1.165) is 25.2 Å². The third kappa shape index (κ3) is 2.40. The van der Waals surface area contributed by atoms with Gasteiger partial charge in [0.25, 0.3) is 5.91 Å². The molecular formula is C14H16BrN3O2. The van der Waals surface area contributed by atoms with E-state index in [1.54, 1.807) is 12.3 Å². The van der Waals surface area contributed by atoms with Gasteiger partial charge in [-0.25, -0.2) is 4.98 Å². The fourth-order valence-electron chi connectivity index (χ4n) is 2.73. The smallest absolute Gasteiger partial charge is 0.290 e. The van der Waals surface area contributed by atoms with Gasteiger partial charge in [-0.15, -0.1) is 0 Å². The summed E-state index contributed by atoms with van der Waals surface area (Å²) in [4.78, 5) is 18.7. The zero-order valence-electron chi connectivity index (χ0n) is 11.3. The molecule has 3 heterocycles. The summed E-state index contributed by atoms with van der Waals surface area (Å²) in [5, 5.41) is 0. The predicted molar refractivity (Wildman–Crippen MR) is 77.5 cm³/mol. The number of furan rings is 1. The molecule has 0 aromatic carbocycles. The van der Waals surface area contributed by atoms with Crippen molar-refractivity contribution in [3.63, 3.8) is 0 Å². The Kier molecular flexibility index (Phi) is 3.65. The topological polar surface area (TPSA) is 51.3 Å². The standard InChI is InChI=1S/C14H16BrN3O2/c1-17-7-5-16-13(17)10-3-2-6-18(9-10)14(19)12-11(15)4-8-20-12/h4-5,7-8,10H,2-3,6,9H2,1H3/t10-/m0/s1. The number of hydrogen-bond donors (Lipinski definition) is 0. The van der Waals surface area contributed by atoms with Crippen molar-refractivity contribution in [3.05, 3.63) is 40.8 Å². The number of halogens is 1. The van der Waals surface area contributed by atoms with Crippen LogP contribution in [-0.4, -0.2) is 33.4 Å². The first-order valence-corrected chi connectivity index (χ1v) is 7.45. The average molecular weight is 338 g/mol. The Bertz CT molecular complexity index is 619. The van der Waals surface area contributed by atoms with Crippen molar-refractivity contribution >= 4 is 21.8 Å². The minimum Gasteiger partial charge on any atom is -0.458 e. The maximum absolute atomic E-state index is 12.5. The Balaban J connectivity index is 1.77. The molecule has 0 spiro atoms. The zero-order valence-corrected chi connectivity index (χ0v) is 12.8. The van der Waals surface area contributed by atoms with Crippen LogP contribution in [0.5, 0.6) is 0 Å². The van der Waals surface area contributed by atoms with Crippen LogP contribution in [0, 0.1) is 0 Å². The first-order chi connectivity index (χ1) is 9.66. The van der Waals surface area contributed by atoms with E-state index in [-0.39, 0.29) is 5.91 Å². The second-order valence-electron chi connectivity index (χ2n) is 5.08. The van der Waals surface area contributed by atoms with Gasteiger partial charge in [-0.3, -0.25) is 4.79 Å². The van der Waals surface area contributed by atoms with Gasteiger partial charge >= 0.3 is 0 Å². The van der Waals surface area contributed by atoms with E-state index in [0.29, 0.717) is 22.7 Å². The van der Waals surface area contributed by atoms with E-state index >= 15 is 0 Å². The van der Waals surface area contributed by atoms with Crippen LogP contribution in [-0.2, 0) is 7.05 Å². The van der Waals surface area contributed by atoms with Crippen LogP contribution in [0.15, 0.2) is 33.6 Å². The van der Waals surface area contributed by atoms with Crippen LogP contribution in [0.2, 0.25) is 0 Å². The Hall–Kier alpha value is -1.56. The van der Waals surface area contributed by atoms with Crippen molar-refractivity contribution < 1.29 is 9.21 Å². The quantitative estimate of drug-likeness (QED) is 0.846. The molecule has 0 saturated carbocycles. The number of hydrogen-bond acceptors (Lipinski definition) is 3. The van der Waals surface area contributed by atoms with Gasteiger partial charge in [0.2, 0.25) is 5.76 Å². The molecule has 0 N–H and O–H groups in total. The monoisotopic (exact) mass is 337 g/mol. The number of aryl methyl sites for hydroxylation is 1. The number of rotatable bonds is 2. The molecule has 20 heavy (non-hydrogen) atoms. The van der Waals surface area contributed by atoms with Crippen molar-refractivity contribution in [2.45, 2.75) is 18.8 Å². The first kappa shape index (κ1) is 13.4. The van der Waals surface area contributed by atoms with Gasteiger partial charge in [-0.05, 0) is 34.8 Å². The molecule has 0 aliphatic carbocycles. The van der Waals surface area contributed by atoms with Crippen LogP contribution in [0.25, 0.3) is 0 Å². The molecule has 0 bridgehead atoms. The van der Waals surface area contributed by atoms with Gasteiger partial charge < -0.3 is 13.9 Å². The fourth-order valence-corrected chi connectivity index (χ4v) is 3.10. The van der Waals surface area contributed by atoms with Gasteiger partial charge in [-0.1, -0.05) is 0 Å². The Labute approximate surface area is 125 Å². The van der Waals surface area contributed by atoms with E-state index in [2.05, 4.69) is 20.9 Å². The van der Waals surface area contributed by atoms with E-state index in [1.807, 2.05) is 22.7 Å². The summed E-state index contributed by atoms with van der Waals surface area (Å²) in [6, 6.07) is 1.74. The van der Waals surface area contributed by atoms with Crippen LogP contribution >= 0.6 is 15.9 Å². The van der Waals surface area contributed by atoms with Crippen molar-refractivity contribution in [1.29, 1.82) is 0 Å². The minimum atomic E-state index is -0.0548. The highest BCUT2D eigenvalue weighted by Gasteiger charge is 2.29. The van der Waals surface area contributed by atoms with Crippen molar-refractivity contribution in [2.24, 2.45) is 7.05 Å². The third-order valence-corrected chi connectivity index (χ3v) is 4.37. The van der Waals surface area contributed by atoms with E-state index in [1.165, 1.54) is 6.26 Å². The average Bonchev–Trinajstić information content (AvgIpc) is 3.07. The molecule has 1 amide bonds. The molecule has 0 radical (unpaired) electrons. The summed E-state index contributed by atoms with van der Waals surface area (Å²) < 4.78 is 8.01. The Morgan fingerprint density at radius 2 is 2.40 bits per heavy atom. The molecule has 6 heteroatoms. The third-order valence-electron chi connectivity index (χ3n) is 3.74. The molecule has 1 fully saturated rings. The minimum absolute atomic E-state index is 0.0548. The number of piperidine rings is 1. The summed E-state index contributed by atoms with van der Waals surface area (Å²) in [6.45, 7) is 1.46. The molecule has 1 aliphatic rings. The number of carbonyl (C=O) groups is 1. The summed E-state index contributed by atoms with van der Waals surface area (Å²) >= 11 is 3.34. The van der Waals surface area contributed by atoms with Gasteiger partial charge in [0, 0.05) is 38.4 Å². The summed E-state index contributed by atoms with van der Waals surface area (Å²) in [5.41, 5.74) is 0. The molecule has 2 aromatic rings.